The van der Waals surface area contributed by atoms with E-state index in [1.807, 2.05) is 22.4 Å². The lowest BCUT2D eigenvalue weighted by molar-refractivity contribution is -0.131. The van der Waals surface area contributed by atoms with E-state index in [0.717, 1.165) is 43.6 Å². The summed E-state index contributed by atoms with van der Waals surface area (Å²) in [6, 6.07) is 4.22. The van der Waals surface area contributed by atoms with Crippen LogP contribution in [-0.4, -0.2) is 35.8 Å². The standard InChI is InChI=1S/C16H24N2O2S/c1-2-3-6-15(19)17-13-7-9-18(10-8-13)16(20)12-14-5-4-11-21-14/h4-5,11,13H,2-3,6-10,12H2,1H3,(H,17,19). The zero-order valence-electron chi connectivity index (χ0n) is 12.6. The van der Waals surface area contributed by atoms with Gasteiger partial charge in [-0.15, -0.1) is 11.3 Å². The summed E-state index contributed by atoms with van der Waals surface area (Å²) in [7, 11) is 0. The predicted octanol–water partition coefficient (Wildman–Crippen LogP) is 2.59. The number of piperidine rings is 1. The topological polar surface area (TPSA) is 49.4 Å². The minimum Gasteiger partial charge on any atom is -0.353 e. The predicted molar refractivity (Wildman–Crippen MR) is 85.3 cm³/mol. The molecule has 0 spiro atoms. The lowest BCUT2D eigenvalue weighted by Crippen LogP contribution is -2.46. The molecule has 1 aliphatic rings. The van der Waals surface area contributed by atoms with Crippen molar-refractivity contribution in [3.05, 3.63) is 22.4 Å². The second kappa shape index (κ2) is 8.17. The van der Waals surface area contributed by atoms with E-state index >= 15 is 0 Å². The highest BCUT2D eigenvalue weighted by Crippen LogP contribution is 2.15. The number of likely N-dealkylation sites (tertiary alicyclic amines) is 1. The van der Waals surface area contributed by atoms with Gasteiger partial charge in [-0.1, -0.05) is 19.4 Å². The molecule has 1 fully saturated rings. The third-order valence-electron chi connectivity index (χ3n) is 3.88. The first kappa shape index (κ1) is 16.0. The Bertz CT molecular complexity index is 451. The summed E-state index contributed by atoms with van der Waals surface area (Å²) in [6.45, 7) is 3.59. The molecule has 5 heteroatoms. The lowest BCUT2D eigenvalue weighted by Gasteiger charge is -2.32. The summed E-state index contributed by atoms with van der Waals surface area (Å²) in [6.07, 6.45) is 4.86. The molecule has 1 aromatic heterocycles. The van der Waals surface area contributed by atoms with Crippen LogP contribution in [0.4, 0.5) is 0 Å². The van der Waals surface area contributed by atoms with E-state index in [1.165, 1.54) is 0 Å². The molecule has 21 heavy (non-hydrogen) atoms. The second-order valence-corrected chi connectivity index (χ2v) is 6.61. The maximum atomic E-state index is 12.2. The zero-order valence-corrected chi connectivity index (χ0v) is 13.5. The molecule has 1 aromatic rings. The highest BCUT2D eigenvalue weighted by molar-refractivity contribution is 7.10. The van der Waals surface area contributed by atoms with E-state index in [2.05, 4.69) is 12.2 Å². The number of thiophene rings is 1. The Kier molecular flexibility index (Phi) is 6.23. The zero-order chi connectivity index (χ0) is 15.1. The van der Waals surface area contributed by atoms with Crippen molar-refractivity contribution >= 4 is 23.2 Å². The van der Waals surface area contributed by atoms with Crippen molar-refractivity contribution in [1.29, 1.82) is 0 Å². The Labute approximate surface area is 130 Å². The van der Waals surface area contributed by atoms with Crippen molar-refractivity contribution in [3.8, 4) is 0 Å². The fourth-order valence-electron chi connectivity index (χ4n) is 2.58. The number of nitrogens with one attached hydrogen (secondary N) is 1. The Morgan fingerprint density at radius 2 is 2.14 bits per heavy atom. The average molecular weight is 308 g/mol. The van der Waals surface area contributed by atoms with Crippen LogP contribution in [-0.2, 0) is 16.0 Å². The first-order valence-electron chi connectivity index (χ1n) is 7.78. The molecule has 0 atom stereocenters. The van der Waals surface area contributed by atoms with Gasteiger partial charge in [-0.25, -0.2) is 0 Å². The van der Waals surface area contributed by atoms with Crippen LogP contribution < -0.4 is 5.32 Å². The van der Waals surface area contributed by atoms with Gasteiger partial charge < -0.3 is 10.2 Å². The van der Waals surface area contributed by atoms with Crippen molar-refractivity contribution in [2.75, 3.05) is 13.1 Å². The molecule has 0 aromatic carbocycles. The lowest BCUT2D eigenvalue weighted by atomic mass is 10.0. The summed E-state index contributed by atoms with van der Waals surface area (Å²) in [5.41, 5.74) is 0. The maximum Gasteiger partial charge on any atom is 0.227 e. The minimum absolute atomic E-state index is 0.153. The largest absolute Gasteiger partial charge is 0.353 e. The van der Waals surface area contributed by atoms with Gasteiger partial charge in [0.25, 0.3) is 0 Å². The fraction of sp³-hybridized carbons (Fsp3) is 0.625. The van der Waals surface area contributed by atoms with Crippen LogP contribution in [0.15, 0.2) is 17.5 Å². The monoisotopic (exact) mass is 308 g/mol. The smallest absolute Gasteiger partial charge is 0.227 e. The number of unbranched alkanes of at least 4 members (excludes halogenated alkanes) is 1. The van der Waals surface area contributed by atoms with E-state index in [1.54, 1.807) is 11.3 Å². The summed E-state index contributed by atoms with van der Waals surface area (Å²) in [5, 5.41) is 5.08. The summed E-state index contributed by atoms with van der Waals surface area (Å²) >= 11 is 1.63. The average Bonchev–Trinajstić information content (AvgIpc) is 2.98. The number of hydrogen-bond donors (Lipinski definition) is 1. The molecular weight excluding hydrogens is 284 g/mol. The molecule has 2 rings (SSSR count). The van der Waals surface area contributed by atoms with Crippen LogP contribution in [0.2, 0.25) is 0 Å². The molecule has 1 N–H and O–H groups in total. The van der Waals surface area contributed by atoms with Crippen molar-refractivity contribution < 1.29 is 9.59 Å². The molecule has 1 saturated heterocycles. The van der Waals surface area contributed by atoms with Gasteiger partial charge in [-0.3, -0.25) is 9.59 Å². The van der Waals surface area contributed by atoms with Gasteiger partial charge in [0.1, 0.15) is 0 Å². The number of amides is 2. The van der Waals surface area contributed by atoms with Crippen LogP contribution in [0, 0.1) is 0 Å². The van der Waals surface area contributed by atoms with Gasteiger partial charge >= 0.3 is 0 Å². The fourth-order valence-corrected chi connectivity index (χ4v) is 3.28. The molecule has 2 amide bonds. The number of hydrogen-bond acceptors (Lipinski definition) is 3. The molecule has 1 aliphatic heterocycles. The van der Waals surface area contributed by atoms with E-state index in [9.17, 15) is 9.59 Å². The number of carbonyl (C=O) groups is 2. The molecule has 0 radical (unpaired) electrons. The molecule has 0 saturated carbocycles. The second-order valence-electron chi connectivity index (χ2n) is 5.58. The minimum atomic E-state index is 0.153. The number of nitrogens with zero attached hydrogens (tertiary/aromatic N) is 1. The van der Waals surface area contributed by atoms with E-state index in [-0.39, 0.29) is 17.9 Å². The number of carbonyl (C=O) groups excluding carboxylic acids is 2. The van der Waals surface area contributed by atoms with E-state index in [4.69, 9.17) is 0 Å². The Morgan fingerprint density at radius 3 is 2.76 bits per heavy atom. The molecular formula is C16H24N2O2S. The number of rotatable bonds is 6. The Hall–Kier alpha value is -1.36. The van der Waals surface area contributed by atoms with Crippen LogP contribution in [0.25, 0.3) is 0 Å². The third-order valence-corrected chi connectivity index (χ3v) is 4.75. The molecule has 0 bridgehead atoms. The molecule has 2 heterocycles. The van der Waals surface area contributed by atoms with Crippen molar-refractivity contribution in [2.45, 2.75) is 51.5 Å². The van der Waals surface area contributed by atoms with Gasteiger partial charge in [0.05, 0.1) is 6.42 Å². The molecule has 0 aliphatic carbocycles. The van der Waals surface area contributed by atoms with Crippen molar-refractivity contribution in [3.63, 3.8) is 0 Å². The van der Waals surface area contributed by atoms with Crippen LogP contribution in [0.1, 0.15) is 43.9 Å². The highest BCUT2D eigenvalue weighted by atomic mass is 32.1. The summed E-state index contributed by atoms with van der Waals surface area (Å²) in [5.74, 6) is 0.355. The summed E-state index contributed by atoms with van der Waals surface area (Å²) in [4.78, 5) is 26.9. The van der Waals surface area contributed by atoms with Crippen LogP contribution in [0.3, 0.4) is 0 Å². The van der Waals surface area contributed by atoms with E-state index < -0.39 is 0 Å². The quantitative estimate of drug-likeness (QED) is 0.878. The first-order valence-corrected chi connectivity index (χ1v) is 8.66. The van der Waals surface area contributed by atoms with Gasteiger partial charge in [-0.2, -0.15) is 0 Å². The Morgan fingerprint density at radius 1 is 1.38 bits per heavy atom. The SMILES string of the molecule is CCCCC(=O)NC1CCN(C(=O)Cc2cccs2)CC1. The maximum absolute atomic E-state index is 12.2. The first-order chi connectivity index (χ1) is 10.2. The normalized spacial score (nSPS) is 16.0. The van der Waals surface area contributed by atoms with Gasteiger partial charge in [0.2, 0.25) is 11.8 Å². The van der Waals surface area contributed by atoms with Crippen LogP contribution >= 0.6 is 11.3 Å². The summed E-state index contributed by atoms with van der Waals surface area (Å²) < 4.78 is 0. The van der Waals surface area contributed by atoms with Gasteiger partial charge in [0, 0.05) is 30.4 Å². The van der Waals surface area contributed by atoms with Crippen LogP contribution in [0.5, 0.6) is 0 Å². The molecule has 116 valence electrons. The van der Waals surface area contributed by atoms with Gasteiger partial charge in [0.15, 0.2) is 0 Å². The highest BCUT2D eigenvalue weighted by Gasteiger charge is 2.23. The Balaban J connectivity index is 1.70. The molecule has 4 nitrogen and oxygen atoms in total. The molecule has 0 unspecified atom stereocenters. The van der Waals surface area contributed by atoms with Crippen molar-refractivity contribution in [1.82, 2.24) is 10.2 Å². The van der Waals surface area contributed by atoms with Crippen molar-refractivity contribution in [2.24, 2.45) is 0 Å². The third kappa shape index (κ3) is 5.16. The van der Waals surface area contributed by atoms with Gasteiger partial charge in [-0.05, 0) is 30.7 Å². The van der Waals surface area contributed by atoms with E-state index in [0.29, 0.717) is 12.8 Å².